The van der Waals surface area contributed by atoms with Gasteiger partial charge in [0.1, 0.15) is 6.23 Å². The van der Waals surface area contributed by atoms with Crippen molar-refractivity contribution in [1.29, 1.82) is 0 Å². The smallest absolute Gasteiger partial charge is 0.130 e. The molecule has 0 aliphatic heterocycles. The summed E-state index contributed by atoms with van der Waals surface area (Å²) in [6, 6.07) is 7.93. The number of benzene rings is 1. The topological polar surface area (TPSA) is 32.3 Å². The van der Waals surface area contributed by atoms with Crippen LogP contribution >= 0.6 is 12.6 Å². The Labute approximate surface area is 141 Å². The fraction of sp³-hybridized carbons (Fsp3) is 0.684. The average Bonchev–Trinajstić information content (AvgIpc) is 2.55. The molecule has 0 heterocycles. The van der Waals surface area contributed by atoms with E-state index in [1.165, 1.54) is 32.1 Å². The van der Waals surface area contributed by atoms with Crippen molar-refractivity contribution in [3.63, 3.8) is 0 Å². The molecular weight excluding hydrogens is 290 g/mol. The average molecular weight is 322 g/mol. The summed E-state index contributed by atoms with van der Waals surface area (Å²) in [4.78, 5) is 0.898. The lowest BCUT2D eigenvalue weighted by molar-refractivity contribution is -0.00540. The molecule has 0 bridgehead atoms. The van der Waals surface area contributed by atoms with E-state index in [-0.39, 0.29) is 5.41 Å². The van der Waals surface area contributed by atoms with Gasteiger partial charge in [-0.25, -0.2) is 0 Å². The maximum atomic E-state index is 11.0. The molecule has 1 aromatic rings. The number of aliphatic hydroxyl groups excluding tert-OH is 1. The second-order valence-corrected chi connectivity index (χ2v) is 7.36. The van der Waals surface area contributed by atoms with Gasteiger partial charge in [-0.3, -0.25) is 0 Å². The number of aliphatic hydroxyl groups is 1. The molecule has 1 aliphatic rings. The summed E-state index contributed by atoms with van der Waals surface area (Å²) in [5.74, 6) is 0.709. The van der Waals surface area contributed by atoms with Gasteiger partial charge >= 0.3 is 0 Å². The number of thiol groups is 1. The fourth-order valence-corrected chi connectivity index (χ4v) is 4.12. The Bertz CT molecular complexity index is 453. The molecule has 22 heavy (non-hydrogen) atoms. The molecule has 2 N–H and O–H groups in total. The Morgan fingerprint density at radius 3 is 2.36 bits per heavy atom. The summed E-state index contributed by atoms with van der Waals surface area (Å²) in [7, 11) is 0. The summed E-state index contributed by atoms with van der Waals surface area (Å²) in [6.45, 7) is 4.54. The SMILES string of the molecule is CCC(CC)CC1(C(O)Nc2ccccc2S)CCCCC1. The van der Waals surface area contributed by atoms with Gasteiger partial charge in [-0.2, -0.15) is 0 Å². The van der Waals surface area contributed by atoms with Crippen molar-refractivity contribution in [2.75, 3.05) is 5.32 Å². The van der Waals surface area contributed by atoms with Gasteiger partial charge in [0.25, 0.3) is 0 Å². The summed E-state index contributed by atoms with van der Waals surface area (Å²) in [5, 5.41) is 14.4. The summed E-state index contributed by atoms with van der Waals surface area (Å²) in [5.41, 5.74) is 0.957. The van der Waals surface area contributed by atoms with Crippen LogP contribution in [0.1, 0.15) is 65.2 Å². The maximum Gasteiger partial charge on any atom is 0.130 e. The third-order valence-electron chi connectivity index (χ3n) is 5.48. The highest BCUT2D eigenvalue weighted by Crippen LogP contribution is 2.45. The van der Waals surface area contributed by atoms with E-state index in [1.54, 1.807) is 0 Å². The van der Waals surface area contributed by atoms with Crippen molar-refractivity contribution >= 4 is 18.3 Å². The lowest BCUT2D eigenvalue weighted by atomic mass is 9.67. The Morgan fingerprint density at radius 2 is 1.77 bits per heavy atom. The molecule has 124 valence electrons. The van der Waals surface area contributed by atoms with Gasteiger partial charge in [0.15, 0.2) is 0 Å². The molecule has 0 amide bonds. The Balaban J connectivity index is 2.15. The van der Waals surface area contributed by atoms with E-state index in [1.807, 2.05) is 24.3 Å². The molecule has 2 nitrogen and oxygen atoms in total. The molecule has 1 unspecified atom stereocenters. The molecule has 2 rings (SSSR count). The van der Waals surface area contributed by atoms with Crippen LogP contribution in [0.3, 0.4) is 0 Å². The van der Waals surface area contributed by atoms with Crippen LogP contribution < -0.4 is 5.32 Å². The van der Waals surface area contributed by atoms with E-state index in [2.05, 4.69) is 31.8 Å². The number of para-hydroxylation sites is 1. The van der Waals surface area contributed by atoms with Crippen molar-refractivity contribution in [3.8, 4) is 0 Å². The van der Waals surface area contributed by atoms with Crippen LogP contribution in [0.15, 0.2) is 29.2 Å². The van der Waals surface area contributed by atoms with Crippen LogP contribution in [0.25, 0.3) is 0 Å². The minimum atomic E-state index is -0.485. The lowest BCUT2D eigenvalue weighted by Crippen LogP contribution is -2.43. The summed E-state index contributed by atoms with van der Waals surface area (Å²) < 4.78 is 0. The standard InChI is InChI=1S/C19H31NOS/c1-3-15(4-2)14-19(12-8-5-9-13-19)18(21)20-16-10-6-7-11-17(16)22/h6-7,10-11,15,18,20-22H,3-5,8-9,12-14H2,1-2H3. The monoisotopic (exact) mass is 321 g/mol. The number of rotatable bonds is 7. The molecule has 0 spiro atoms. The number of nitrogens with one attached hydrogen (secondary N) is 1. The molecule has 1 atom stereocenters. The van der Waals surface area contributed by atoms with Crippen LogP contribution in [0.4, 0.5) is 5.69 Å². The first kappa shape index (κ1) is 17.7. The van der Waals surface area contributed by atoms with Crippen LogP contribution in [0, 0.1) is 11.3 Å². The van der Waals surface area contributed by atoms with Crippen LogP contribution in [-0.2, 0) is 0 Å². The first-order valence-corrected chi connectivity index (χ1v) is 9.28. The zero-order chi connectivity index (χ0) is 16.0. The Hall–Kier alpha value is -0.670. The zero-order valence-corrected chi connectivity index (χ0v) is 14.9. The molecule has 3 heteroatoms. The normalized spacial score (nSPS) is 19.1. The lowest BCUT2D eigenvalue weighted by Gasteiger charge is -2.43. The highest BCUT2D eigenvalue weighted by atomic mass is 32.1. The second kappa shape index (κ2) is 8.26. The third-order valence-corrected chi connectivity index (χ3v) is 5.87. The second-order valence-electron chi connectivity index (χ2n) is 6.87. The van der Waals surface area contributed by atoms with Crippen molar-refractivity contribution in [2.24, 2.45) is 11.3 Å². The van der Waals surface area contributed by atoms with Gasteiger partial charge in [0.05, 0.1) is 0 Å². The number of anilines is 1. The highest BCUT2D eigenvalue weighted by Gasteiger charge is 2.40. The van der Waals surface area contributed by atoms with E-state index in [9.17, 15) is 5.11 Å². The third kappa shape index (κ3) is 4.20. The molecule has 1 fully saturated rings. The van der Waals surface area contributed by atoms with Gasteiger partial charge in [0.2, 0.25) is 0 Å². The summed E-state index contributed by atoms with van der Waals surface area (Å²) in [6.07, 6.45) is 9.09. The molecule has 0 radical (unpaired) electrons. The maximum absolute atomic E-state index is 11.0. The number of hydrogen-bond acceptors (Lipinski definition) is 3. The van der Waals surface area contributed by atoms with Gasteiger partial charge in [-0.05, 0) is 37.3 Å². The fourth-order valence-electron chi connectivity index (χ4n) is 3.89. The van der Waals surface area contributed by atoms with Crippen molar-refractivity contribution < 1.29 is 5.11 Å². The van der Waals surface area contributed by atoms with E-state index >= 15 is 0 Å². The van der Waals surface area contributed by atoms with Crippen LogP contribution in [-0.4, -0.2) is 11.3 Å². The van der Waals surface area contributed by atoms with Gasteiger partial charge in [0, 0.05) is 16.0 Å². The minimum absolute atomic E-state index is 0.0188. The Morgan fingerprint density at radius 1 is 1.14 bits per heavy atom. The van der Waals surface area contributed by atoms with Crippen molar-refractivity contribution in [1.82, 2.24) is 0 Å². The van der Waals surface area contributed by atoms with E-state index < -0.39 is 6.23 Å². The highest BCUT2D eigenvalue weighted by molar-refractivity contribution is 7.80. The van der Waals surface area contributed by atoms with Crippen LogP contribution in [0.5, 0.6) is 0 Å². The summed E-state index contributed by atoms with van der Waals surface area (Å²) >= 11 is 4.50. The van der Waals surface area contributed by atoms with E-state index in [4.69, 9.17) is 0 Å². The van der Waals surface area contributed by atoms with Gasteiger partial charge in [-0.15, -0.1) is 12.6 Å². The van der Waals surface area contributed by atoms with Crippen LogP contribution in [0.2, 0.25) is 0 Å². The van der Waals surface area contributed by atoms with E-state index in [0.29, 0.717) is 5.92 Å². The van der Waals surface area contributed by atoms with Crippen molar-refractivity contribution in [2.45, 2.75) is 76.3 Å². The molecule has 1 saturated carbocycles. The van der Waals surface area contributed by atoms with Gasteiger partial charge < -0.3 is 10.4 Å². The first-order chi connectivity index (χ1) is 10.6. The predicted molar refractivity (Wildman–Crippen MR) is 97.5 cm³/mol. The zero-order valence-electron chi connectivity index (χ0n) is 14.0. The molecular formula is C19H31NOS. The molecule has 1 aliphatic carbocycles. The molecule has 0 aromatic heterocycles. The van der Waals surface area contributed by atoms with Gasteiger partial charge in [-0.1, -0.05) is 58.1 Å². The minimum Gasteiger partial charge on any atom is -0.373 e. The predicted octanol–water partition coefficient (Wildman–Crippen LogP) is 5.48. The largest absolute Gasteiger partial charge is 0.373 e. The Kier molecular flexibility index (Phi) is 6.64. The first-order valence-electron chi connectivity index (χ1n) is 8.84. The van der Waals surface area contributed by atoms with Crippen molar-refractivity contribution in [3.05, 3.63) is 24.3 Å². The van der Waals surface area contributed by atoms with E-state index in [0.717, 1.165) is 29.8 Å². The quantitative estimate of drug-likeness (QED) is 0.459. The molecule has 1 aromatic carbocycles. The number of hydrogen-bond donors (Lipinski definition) is 3. The molecule has 0 saturated heterocycles.